The van der Waals surface area contributed by atoms with Crippen LogP contribution in [0.3, 0.4) is 0 Å². The van der Waals surface area contributed by atoms with Crippen LogP contribution in [0.15, 0.2) is 18.2 Å². The molecule has 0 bridgehead atoms. The summed E-state index contributed by atoms with van der Waals surface area (Å²) in [6, 6.07) is 5.44. The van der Waals surface area contributed by atoms with Gasteiger partial charge in [-0.2, -0.15) is 0 Å². The number of fused-ring (bicyclic) bond motifs is 1. The molecule has 1 heterocycles. The van der Waals surface area contributed by atoms with E-state index in [1.165, 1.54) is 44.2 Å². The molecular formula is C16H22ClFN2. The van der Waals surface area contributed by atoms with E-state index in [0.717, 1.165) is 18.0 Å². The quantitative estimate of drug-likeness (QED) is 0.920. The minimum atomic E-state index is -0.285. The number of nitrogens with zero attached hydrogens (tertiary/aromatic N) is 1. The van der Waals surface area contributed by atoms with E-state index in [1.54, 1.807) is 6.07 Å². The minimum Gasteiger partial charge on any atom is -0.329 e. The lowest BCUT2D eigenvalue weighted by molar-refractivity contribution is 0.0701. The Bertz CT molecular complexity index is 480. The average Bonchev–Trinajstić information content (AvgIpc) is 2.91. The van der Waals surface area contributed by atoms with Crippen molar-refractivity contribution in [2.75, 3.05) is 13.1 Å². The maximum absolute atomic E-state index is 13.2. The highest BCUT2D eigenvalue weighted by molar-refractivity contribution is 6.31. The predicted molar refractivity (Wildman–Crippen MR) is 80.3 cm³/mol. The van der Waals surface area contributed by atoms with Crippen molar-refractivity contribution in [3.05, 3.63) is 34.6 Å². The molecule has 1 saturated carbocycles. The van der Waals surface area contributed by atoms with Crippen molar-refractivity contribution < 1.29 is 4.39 Å². The molecule has 2 fully saturated rings. The summed E-state index contributed by atoms with van der Waals surface area (Å²) in [5.74, 6) is 0.531. The van der Waals surface area contributed by atoms with Crippen molar-refractivity contribution in [1.82, 2.24) is 4.90 Å². The van der Waals surface area contributed by atoms with Crippen LogP contribution in [-0.4, -0.2) is 24.0 Å². The molecule has 1 aliphatic carbocycles. The largest absolute Gasteiger partial charge is 0.329 e. The zero-order valence-electron chi connectivity index (χ0n) is 11.7. The first-order valence-corrected chi connectivity index (χ1v) is 7.99. The summed E-state index contributed by atoms with van der Waals surface area (Å²) in [5, 5.41) is 0.501. The lowest BCUT2D eigenvalue weighted by Crippen LogP contribution is -2.46. The minimum absolute atomic E-state index is 0.119. The van der Waals surface area contributed by atoms with Gasteiger partial charge in [-0.3, -0.25) is 4.90 Å². The Morgan fingerprint density at radius 2 is 2.10 bits per heavy atom. The first kappa shape index (κ1) is 14.3. The van der Waals surface area contributed by atoms with E-state index in [4.69, 9.17) is 17.3 Å². The van der Waals surface area contributed by atoms with E-state index < -0.39 is 0 Å². The number of benzene rings is 1. The van der Waals surface area contributed by atoms with Gasteiger partial charge in [0.05, 0.1) is 0 Å². The van der Waals surface area contributed by atoms with E-state index in [2.05, 4.69) is 4.90 Å². The summed E-state index contributed by atoms with van der Waals surface area (Å²) in [4.78, 5) is 2.53. The Kier molecular flexibility index (Phi) is 4.29. The fourth-order valence-corrected chi connectivity index (χ4v) is 4.39. The molecule has 0 spiro atoms. The summed E-state index contributed by atoms with van der Waals surface area (Å²) >= 11 is 6.24. The van der Waals surface area contributed by atoms with Crippen LogP contribution in [0.5, 0.6) is 0 Å². The molecule has 1 saturated heterocycles. The second kappa shape index (κ2) is 6.00. The molecule has 2 aliphatic rings. The zero-order valence-corrected chi connectivity index (χ0v) is 12.5. The standard InChI is InChI=1S/C16H22ClFN2/c17-14-9-12(18)6-7-13(14)16(10-19)20-8-2-4-11-3-1-5-15(11)20/h6-7,9,11,15-16H,1-5,8,10,19H2. The second-order valence-corrected chi connectivity index (χ2v) is 6.46. The maximum atomic E-state index is 13.2. The molecule has 1 aromatic rings. The predicted octanol–water partition coefficient (Wildman–Crippen LogP) is 3.74. The van der Waals surface area contributed by atoms with Crippen LogP contribution < -0.4 is 5.73 Å². The van der Waals surface area contributed by atoms with Gasteiger partial charge in [0, 0.05) is 23.7 Å². The third-order valence-electron chi connectivity index (χ3n) is 4.98. The molecule has 20 heavy (non-hydrogen) atoms. The summed E-state index contributed by atoms with van der Waals surface area (Å²) < 4.78 is 13.2. The third-order valence-corrected chi connectivity index (χ3v) is 5.31. The molecule has 3 atom stereocenters. The van der Waals surface area contributed by atoms with Gasteiger partial charge in [0.25, 0.3) is 0 Å². The Morgan fingerprint density at radius 3 is 2.85 bits per heavy atom. The molecule has 2 nitrogen and oxygen atoms in total. The van der Waals surface area contributed by atoms with Crippen LogP contribution in [0.1, 0.15) is 43.7 Å². The van der Waals surface area contributed by atoms with Crippen molar-refractivity contribution in [2.24, 2.45) is 11.7 Å². The fraction of sp³-hybridized carbons (Fsp3) is 0.625. The summed E-state index contributed by atoms with van der Waals surface area (Å²) in [6.07, 6.45) is 6.50. The number of likely N-dealkylation sites (tertiary alicyclic amines) is 1. The van der Waals surface area contributed by atoms with Gasteiger partial charge in [0.2, 0.25) is 0 Å². The van der Waals surface area contributed by atoms with Gasteiger partial charge >= 0.3 is 0 Å². The van der Waals surface area contributed by atoms with E-state index in [0.29, 0.717) is 17.6 Å². The fourth-order valence-electron chi connectivity index (χ4n) is 4.09. The molecule has 0 amide bonds. The molecule has 3 unspecified atom stereocenters. The van der Waals surface area contributed by atoms with Crippen LogP contribution in [0, 0.1) is 11.7 Å². The Morgan fingerprint density at radius 1 is 1.30 bits per heavy atom. The highest BCUT2D eigenvalue weighted by atomic mass is 35.5. The lowest BCUT2D eigenvalue weighted by Gasteiger charge is -2.43. The van der Waals surface area contributed by atoms with Crippen molar-refractivity contribution in [2.45, 2.75) is 44.2 Å². The molecule has 4 heteroatoms. The van der Waals surface area contributed by atoms with Crippen molar-refractivity contribution in [1.29, 1.82) is 0 Å². The second-order valence-electron chi connectivity index (χ2n) is 6.06. The number of nitrogens with two attached hydrogens (primary N) is 1. The molecule has 3 rings (SSSR count). The molecule has 1 aromatic carbocycles. The molecular weight excluding hydrogens is 275 g/mol. The zero-order chi connectivity index (χ0) is 14.1. The normalized spacial score (nSPS) is 28.4. The maximum Gasteiger partial charge on any atom is 0.124 e. The number of piperidine rings is 1. The first-order valence-electron chi connectivity index (χ1n) is 7.61. The van der Waals surface area contributed by atoms with Gasteiger partial charge in [-0.1, -0.05) is 24.1 Å². The van der Waals surface area contributed by atoms with Crippen molar-refractivity contribution in [3.8, 4) is 0 Å². The molecule has 0 aromatic heterocycles. The van der Waals surface area contributed by atoms with Crippen LogP contribution in [0.2, 0.25) is 5.02 Å². The van der Waals surface area contributed by atoms with Gasteiger partial charge in [0.15, 0.2) is 0 Å². The molecule has 0 radical (unpaired) electrons. The third kappa shape index (κ3) is 2.59. The highest BCUT2D eigenvalue weighted by Gasteiger charge is 2.38. The number of hydrogen-bond donors (Lipinski definition) is 1. The summed E-state index contributed by atoms with van der Waals surface area (Å²) in [5.41, 5.74) is 7.01. The Labute approximate surface area is 125 Å². The van der Waals surface area contributed by atoms with Crippen LogP contribution in [0.25, 0.3) is 0 Å². The smallest absolute Gasteiger partial charge is 0.124 e. The summed E-state index contributed by atoms with van der Waals surface area (Å²) in [7, 11) is 0. The van der Waals surface area contributed by atoms with E-state index in [-0.39, 0.29) is 11.9 Å². The monoisotopic (exact) mass is 296 g/mol. The van der Waals surface area contributed by atoms with Crippen LogP contribution in [-0.2, 0) is 0 Å². The number of rotatable bonds is 3. The van der Waals surface area contributed by atoms with Gasteiger partial charge in [-0.05, 0) is 55.8 Å². The number of halogens is 2. The van der Waals surface area contributed by atoms with Gasteiger partial charge in [0.1, 0.15) is 5.82 Å². The van der Waals surface area contributed by atoms with Crippen molar-refractivity contribution >= 4 is 11.6 Å². The van der Waals surface area contributed by atoms with E-state index >= 15 is 0 Å². The van der Waals surface area contributed by atoms with Crippen LogP contribution >= 0.6 is 11.6 Å². The SMILES string of the molecule is NCC(c1ccc(F)cc1Cl)N1CCCC2CCCC21. The van der Waals surface area contributed by atoms with Crippen LogP contribution in [0.4, 0.5) is 4.39 Å². The Hall–Kier alpha value is -0.640. The average molecular weight is 297 g/mol. The molecule has 1 aliphatic heterocycles. The van der Waals surface area contributed by atoms with Gasteiger partial charge < -0.3 is 5.73 Å². The Balaban J connectivity index is 1.88. The van der Waals surface area contributed by atoms with E-state index in [1.807, 2.05) is 0 Å². The van der Waals surface area contributed by atoms with Crippen molar-refractivity contribution in [3.63, 3.8) is 0 Å². The number of hydrogen-bond acceptors (Lipinski definition) is 2. The topological polar surface area (TPSA) is 29.3 Å². The van der Waals surface area contributed by atoms with Gasteiger partial charge in [-0.25, -0.2) is 4.39 Å². The lowest BCUT2D eigenvalue weighted by atomic mass is 9.89. The molecule has 110 valence electrons. The van der Waals surface area contributed by atoms with Gasteiger partial charge in [-0.15, -0.1) is 0 Å². The highest BCUT2D eigenvalue weighted by Crippen LogP contribution is 2.41. The summed E-state index contributed by atoms with van der Waals surface area (Å²) in [6.45, 7) is 1.62. The molecule has 2 N–H and O–H groups in total. The first-order chi connectivity index (χ1) is 9.70. The van der Waals surface area contributed by atoms with E-state index in [9.17, 15) is 4.39 Å².